The molecule has 1 N–H and O–H groups in total. The zero-order valence-electron chi connectivity index (χ0n) is 11.4. The van der Waals surface area contributed by atoms with Gasteiger partial charge in [-0.05, 0) is 45.9 Å². The number of nitrogens with one attached hydrogen (secondary N) is 1. The van der Waals surface area contributed by atoms with Gasteiger partial charge in [-0.3, -0.25) is 0 Å². The first-order chi connectivity index (χ1) is 7.74. The molecule has 2 atom stereocenters. The highest BCUT2D eigenvalue weighted by Crippen LogP contribution is 2.14. The van der Waals surface area contributed by atoms with Gasteiger partial charge in [-0.15, -0.1) is 0 Å². The molecule has 0 radical (unpaired) electrons. The van der Waals surface area contributed by atoms with Gasteiger partial charge in [-0.2, -0.15) is 0 Å². The third-order valence-electron chi connectivity index (χ3n) is 2.98. The molecule has 1 heterocycles. The fourth-order valence-corrected chi connectivity index (χ4v) is 1.92. The maximum Gasteiger partial charge on any atom is 0.117 e. The molecule has 0 aromatic carbocycles. The van der Waals surface area contributed by atoms with Crippen LogP contribution in [0.1, 0.15) is 46.5 Å². The van der Waals surface area contributed by atoms with E-state index in [2.05, 4.69) is 24.2 Å². The number of rotatable bonds is 6. The average molecular weight is 232 g/mol. The second kappa shape index (κ2) is 10.0. The van der Waals surface area contributed by atoms with E-state index in [-0.39, 0.29) is 6.04 Å². The summed E-state index contributed by atoms with van der Waals surface area (Å²) in [5, 5.41) is 3.22. The van der Waals surface area contributed by atoms with Gasteiger partial charge < -0.3 is 10.2 Å². The minimum Gasteiger partial charge on any atom is -0.311 e. The summed E-state index contributed by atoms with van der Waals surface area (Å²) < 4.78 is 13.2. The summed E-state index contributed by atoms with van der Waals surface area (Å²) in [5.74, 6) is 0. The Balaban J connectivity index is 0.00000106. The standard InChI is InChI=1S/C11H23FN2.C2H6/c1-3-4-8-14(2)9-6-11-10(12)5-7-13-11;1-2/h10-11,13H,3-9H2,1-2H3;1-2H3. The SMILES string of the molecule is CC.CCCCN(C)CCC1NCCC1F. The largest absolute Gasteiger partial charge is 0.311 e. The van der Waals surface area contributed by atoms with Crippen molar-refractivity contribution in [1.29, 1.82) is 0 Å². The van der Waals surface area contributed by atoms with Crippen LogP contribution in [0, 0.1) is 0 Å². The lowest BCUT2D eigenvalue weighted by Crippen LogP contribution is -2.33. The summed E-state index contributed by atoms with van der Waals surface area (Å²) in [6.45, 7) is 9.20. The lowest BCUT2D eigenvalue weighted by molar-refractivity contribution is 0.253. The number of halogens is 1. The molecule has 1 aliphatic rings. The van der Waals surface area contributed by atoms with Gasteiger partial charge in [-0.25, -0.2) is 4.39 Å². The average Bonchev–Trinajstić information content (AvgIpc) is 2.72. The minimum absolute atomic E-state index is 0.110. The van der Waals surface area contributed by atoms with E-state index in [9.17, 15) is 4.39 Å². The highest BCUT2D eigenvalue weighted by atomic mass is 19.1. The molecule has 0 aromatic rings. The highest BCUT2D eigenvalue weighted by molar-refractivity contribution is 4.83. The first-order valence-electron chi connectivity index (χ1n) is 6.80. The van der Waals surface area contributed by atoms with Crippen LogP contribution in [-0.2, 0) is 0 Å². The van der Waals surface area contributed by atoms with Crippen LogP contribution in [0.5, 0.6) is 0 Å². The van der Waals surface area contributed by atoms with Crippen LogP contribution in [0.4, 0.5) is 4.39 Å². The third kappa shape index (κ3) is 6.44. The number of hydrogen-bond acceptors (Lipinski definition) is 2. The number of unbranched alkanes of at least 4 members (excludes halogenated alkanes) is 1. The molecule has 2 unspecified atom stereocenters. The molecule has 0 saturated carbocycles. The van der Waals surface area contributed by atoms with Gasteiger partial charge in [0.1, 0.15) is 6.17 Å². The van der Waals surface area contributed by atoms with Crippen molar-refractivity contribution in [1.82, 2.24) is 10.2 Å². The number of hydrogen-bond donors (Lipinski definition) is 1. The van der Waals surface area contributed by atoms with E-state index >= 15 is 0 Å². The normalized spacial score (nSPS) is 24.4. The molecule has 1 aliphatic heterocycles. The molecule has 0 aliphatic carbocycles. The Bertz CT molecular complexity index is 153. The Kier molecular flexibility index (Phi) is 9.94. The van der Waals surface area contributed by atoms with Crippen molar-refractivity contribution >= 4 is 0 Å². The Labute approximate surface area is 101 Å². The Morgan fingerprint density at radius 2 is 2.00 bits per heavy atom. The second-order valence-electron chi connectivity index (χ2n) is 4.31. The number of nitrogens with zero attached hydrogens (tertiary/aromatic N) is 1. The van der Waals surface area contributed by atoms with Gasteiger partial charge in [0.05, 0.1) is 0 Å². The zero-order valence-corrected chi connectivity index (χ0v) is 11.4. The van der Waals surface area contributed by atoms with Crippen LogP contribution in [-0.4, -0.2) is 43.8 Å². The molecule has 16 heavy (non-hydrogen) atoms. The molecule has 1 fully saturated rings. The van der Waals surface area contributed by atoms with Crippen LogP contribution >= 0.6 is 0 Å². The predicted molar refractivity (Wildman–Crippen MR) is 69.7 cm³/mol. The van der Waals surface area contributed by atoms with Crippen LogP contribution in [0.2, 0.25) is 0 Å². The van der Waals surface area contributed by atoms with Crippen LogP contribution in [0.3, 0.4) is 0 Å². The summed E-state index contributed by atoms with van der Waals surface area (Å²) in [6.07, 6.45) is 3.51. The van der Waals surface area contributed by atoms with Crippen LogP contribution in [0.15, 0.2) is 0 Å². The lowest BCUT2D eigenvalue weighted by Gasteiger charge is -2.19. The molecule has 0 spiro atoms. The van der Waals surface area contributed by atoms with Gasteiger partial charge in [0.25, 0.3) is 0 Å². The van der Waals surface area contributed by atoms with E-state index in [4.69, 9.17) is 0 Å². The van der Waals surface area contributed by atoms with Crippen molar-refractivity contribution in [2.24, 2.45) is 0 Å². The van der Waals surface area contributed by atoms with Gasteiger partial charge in [0.2, 0.25) is 0 Å². The zero-order chi connectivity index (χ0) is 12.4. The molecule has 0 amide bonds. The van der Waals surface area contributed by atoms with Crippen LogP contribution < -0.4 is 5.32 Å². The maximum absolute atomic E-state index is 13.2. The van der Waals surface area contributed by atoms with Gasteiger partial charge in [0, 0.05) is 6.04 Å². The topological polar surface area (TPSA) is 15.3 Å². The van der Waals surface area contributed by atoms with E-state index in [1.54, 1.807) is 0 Å². The van der Waals surface area contributed by atoms with Crippen molar-refractivity contribution in [3.8, 4) is 0 Å². The summed E-state index contributed by atoms with van der Waals surface area (Å²) in [5.41, 5.74) is 0. The van der Waals surface area contributed by atoms with Crippen molar-refractivity contribution in [3.05, 3.63) is 0 Å². The smallest absolute Gasteiger partial charge is 0.117 e. The molecule has 0 aromatic heterocycles. The summed E-state index contributed by atoms with van der Waals surface area (Å²) in [7, 11) is 2.12. The summed E-state index contributed by atoms with van der Waals surface area (Å²) in [6, 6.07) is 0.110. The first-order valence-corrected chi connectivity index (χ1v) is 6.80. The van der Waals surface area contributed by atoms with Crippen LogP contribution in [0.25, 0.3) is 0 Å². The van der Waals surface area contributed by atoms with Gasteiger partial charge >= 0.3 is 0 Å². The van der Waals surface area contributed by atoms with Crippen molar-refractivity contribution < 1.29 is 4.39 Å². The third-order valence-corrected chi connectivity index (χ3v) is 2.98. The van der Waals surface area contributed by atoms with Crippen molar-refractivity contribution in [3.63, 3.8) is 0 Å². The van der Waals surface area contributed by atoms with Crippen molar-refractivity contribution in [2.75, 3.05) is 26.7 Å². The Morgan fingerprint density at radius 1 is 1.31 bits per heavy atom. The second-order valence-corrected chi connectivity index (χ2v) is 4.31. The molecule has 0 bridgehead atoms. The van der Waals surface area contributed by atoms with E-state index in [0.717, 1.165) is 26.1 Å². The molecule has 1 rings (SSSR count). The predicted octanol–water partition coefficient (Wildman–Crippen LogP) is 2.83. The van der Waals surface area contributed by atoms with E-state index in [1.165, 1.54) is 12.8 Å². The number of alkyl halides is 1. The summed E-state index contributed by atoms with van der Waals surface area (Å²) in [4.78, 5) is 2.30. The Morgan fingerprint density at radius 3 is 2.50 bits per heavy atom. The summed E-state index contributed by atoms with van der Waals surface area (Å²) >= 11 is 0. The first kappa shape index (κ1) is 15.9. The maximum atomic E-state index is 13.2. The van der Waals surface area contributed by atoms with Gasteiger partial charge in [0.15, 0.2) is 0 Å². The van der Waals surface area contributed by atoms with Crippen molar-refractivity contribution in [2.45, 2.75) is 58.7 Å². The quantitative estimate of drug-likeness (QED) is 0.757. The molecule has 98 valence electrons. The fourth-order valence-electron chi connectivity index (χ4n) is 1.92. The fraction of sp³-hybridized carbons (Fsp3) is 1.00. The van der Waals surface area contributed by atoms with E-state index in [1.807, 2.05) is 13.8 Å². The molecular weight excluding hydrogens is 203 g/mol. The molecule has 2 nitrogen and oxygen atoms in total. The molecule has 3 heteroatoms. The minimum atomic E-state index is -0.616. The van der Waals surface area contributed by atoms with E-state index < -0.39 is 6.17 Å². The monoisotopic (exact) mass is 232 g/mol. The molecular formula is C13H29FN2. The lowest BCUT2D eigenvalue weighted by atomic mass is 10.1. The van der Waals surface area contributed by atoms with Gasteiger partial charge in [-0.1, -0.05) is 27.2 Å². The molecule has 1 saturated heterocycles. The van der Waals surface area contributed by atoms with E-state index in [0.29, 0.717) is 6.42 Å². The highest BCUT2D eigenvalue weighted by Gasteiger charge is 2.25. The Hall–Kier alpha value is -0.150.